The van der Waals surface area contributed by atoms with Gasteiger partial charge < -0.3 is 9.47 Å². The molecular formula is C20H17NO4. The molecule has 0 aliphatic heterocycles. The number of Topliss-reactive ketones (excluding diaryl/α,β-unsaturated/α-hetero) is 1. The number of rotatable bonds is 5. The summed E-state index contributed by atoms with van der Waals surface area (Å²) in [4.78, 5) is 28.9. The van der Waals surface area contributed by atoms with E-state index < -0.39 is 12.1 Å². The Morgan fingerprint density at radius 1 is 0.960 bits per heavy atom. The SMILES string of the molecule is COc1ccc(C(=O)[C@@H](C)OC(=O)c2ccc3ccccc3n2)cc1. The molecular weight excluding hydrogens is 318 g/mol. The van der Waals surface area contributed by atoms with Crippen molar-refractivity contribution in [1.29, 1.82) is 0 Å². The third-order valence-corrected chi connectivity index (χ3v) is 3.84. The first kappa shape index (κ1) is 16.6. The highest BCUT2D eigenvalue weighted by molar-refractivity contribution is 6.01. The van der Waals surface area contributed by atoms with Crippen molar-refractivity contribution in [2.45, 2.75) is 13.0 Å². The zero-order valence-electron chi connectivity index (χ0n) is 13.9. The average Bonchev–Trinajstić information content (AvgIpc) is 2.67. The third kappa shape index (κ3) is 3.66. The highest BCUT2D eigenvalue weighted by Crippen LogP contribution is 2.16. The molecule has 0 bridgehead atoms. The number of hydrogen-bond donors (Lipinski definition) is 0. The van der Waals surface area contributed by atoms with Crippen molar-refractivity contribution in [3.05, 3.63) is 71.9 Å². The van der Waals surface area contributed by atoms with Crippen LogP contribution in [0.1, 0.15) is 27.8 Å². The van der Waals surface area contributed by atoms with E-state index in [1.165, 1.54) is 0 Å². The van der Waals surface area contributed by atoms with E-state index in [2.05, 4.69) is 4.98 Å². The van der Waals surface area contributed by atoms with Crippen molar-refractivity contribution in [3.63, 3.8) is 0 Å². The van der Waals surface area contributed by atoms with Crippen molar-refractivity contribution >= 4 is 22.7 Å². The molecule has 0 saturated carbocycles. The molecule has 3 rings (SSSR count). The van der Waals surface area contributed by atoms with Gasteiger partial charge in [-0.3, -0.25) is 4.79 Å². The van der Waals surface area contributed by atoms with Crippen LogP contribution < -0.4 is 4.74 Å². The van der Waals surface area contributed by atoms with Gasteiger partial charge >= 0.3 is 5.97 Å². The van der Waals surface area contributed by atoms with Gasteiger partial charge in [-0.25, -0.2) is 9.78 Å². The minimum Gasteiger partial charge on any atom is -0.497 e. The molecule has 0 N–H and O–H groups in total. The fourth-order valence-electron chi connectivity index (χ4n) is 2.44. The summed E-state index contributed by atoms with van der Waals surface area (Å²) in [7, 11) is 1.55. The summed E-state index contributed by atoms with van der Waals surface area (Å²) in [6.45, 7) is 1.55. The summed E-state index contributed by atoms with van der Waals surface area (Å²) < 4.78 is 10.3. The van der Waals surface area contributed by atoms with Crippen LogP contribution >= 0.6 is 0 Å². The number of fused-ring (bicyclic) bond motifs is 1. The Hall–Kier alpha value is -3.21. The lowest BCUT2D eigenvalue weighted by atomic mass is 10.1. The Labute approximate surface area is 145 Å². The Kier molecular flexibility index (Phi) is 4.75. The first-order chi connectivity index (χ1) is 12.1. The van der Waals surface area contributed by atoms with Crippen LogP contribution in [0.15, 0.2) is 60.7 Å². The number of methoxy groups -OCH3 is 1. The zero-order chi connectivity index (χ0) is 17.8. The van der Waals surface area contributed by atoms with Crippen molar-refractivity contribution < 1.29 is 19.1 Å². The normalized spacial score (nSPS) is 11.8. The summed E-state index contributed by atoms with van der Waals surface area (Å²) in [5, 5.41) is 0.932. The molecule has 3 aromatic rings. The maximum Gasteiger partial charge on any atom is 0.357 e. The van der Waals surface area contributed by atoms with E-state index >= 15 is 0 Å². The molecule has 5 heteroatoms. The van der Waals surface area contributed by atoms with Crippen LogP contribution in [-0.4, -0.2) is 30.0 Å². The number of pyridine rings is 1. The molecule has 25 heavy (non-hydrogen) atoms. The summed E-state index contributed by atoms with van der Waals surface area (Å²) >= 11 is 0. The second-order valence-electron chi connectivity index (χ2n) is 5.53. The number of ether oxygens (including phenoxy) is 2. The molecule has 0 aliphatic carbocycles. The molecule has 0 saturated heterocycles. The van der Waals surface area contributed by atoms with E-state index in [4.69, 9.17) is 9.47 Å². The lowest BCUT2D eigenvalue weighted by Crippen LogP contribution is -2.24. The molecule has 0 amide bonds. The predicted octanol–water partition coefficient (Wildman–Crippen LogP) is 3.67. The molecule has 0 aliphatic rings. The fourth-order valence-corrected chi connectivity index (χ4v) is 2.44. The summed E-state index contributed by atoms with van der Waals surface area (Å²) in [6, 6.07) is 17.5. The van der Waals surface area contributed by atoms with Crippen LogP contribution in [0.2, 0.25) is 0 Å². The van der Waals surface area contributed by atoms with Crippen molar-refractivity contribution in [3.8, 4) is 5.75 Å². The van der Waals surface area contributed by atoms with E-state index in [0.29, 0.717) is 16.8 Å². The van der Waals surface area contributed by atoms with Gasteiger partial charge in [0.1, 0.15) is 11.4 Å². The predicted molar refractivity (Wildman–Crippen MR) is 93.9 cm³/mol. The number of ketones is 1. The molecule has 1 heterocycles. The minimum absolute atomic E-state index is 0.174. The number of benzene rings is 2. The molecule has 0 spiro atoms. The van der Waals surface area contributed by atoms with Gasteiger partial charge in [-0.05, 0) is 43.3 Å². The van der Waals surface area contributed by atoms with E-state index in [-0.39, 0.29) is 11.5 Å². The lowest BCUT2D eigenvalue weighted by molar-refractivity contribution is 0.0313. The van der Waals surface area contributed by atoms with E-state index in [1.54, 1.807) is 50.4 Å². The number of esters is 1. The van der Waals surface area contributed by atoms with Crippen molar-refractivity contribution in [1.82, 2.24) is 4.98 Å². The monoisotopic (exact) mass is 335 g/mol. The van der Waals surface area contributed by atoms with E-state index in [9.17, 15) is 9.59 Å². The summed E-state index contributed by atoms with van der Waals surface area (Å²) in [6.07, 6.45) is -0.908. The van der Waals surface area contributed by atoms with Crippen molar-refractivity contribution in [2.24, 2.45) is 0 Å². The van der Waals surface area contributed by atoms with E-state index in [1.807, 2.05) is 24.3 Å². The number of para-hydroxylation sites is 1. The highest BCUT2D eigenvalue weighted by atomic mass is 16.5. The van der Waals surface area contributed by atoms with Crippen LogP contribution in [0, 0.1) is 0 Å². The maximum absolute atomic E-state index is 12.4. The van der Waals surface area contributed by atoms with Gasteiger partial charge in [-0.1, -0.05) is 24.3 Å². The standard InChI is InChI=1S/C20H17NO4/c1-13(19(22)15-7-10-16(24-2)11-8-15)25-20(23)18-12-9-14-5-3-4-6-17(14)21-18/h3-13H,1-2H3/t13-/m1/s1. The molecule has 0 fully saturated rings. The molecule has 1 atom stereocenters. The Morgan fingerprint density at radius 3 is 2.40 bits per heavy atom. The third-order valence-electron chi connectivity index (χ3n) is 3.84. The lowest BCUT2D eigenvalue weighted by Gasteiger charge is -2.12. The summed E-state index contributed by atoms with van der Waals surface area (Å²) in [5.74, 6) is -0.251. The van der Waals surface area contributed by atoms with Crippen LogP contribution in [0.3, 0.4) is 0 Å². The molecule has 1 aromatic heterocycles. The van der Waals surface area contributed by atoms with Crippen LogP contribution in [0.5, 0.6) is 5.75 Å². The maximum atomic E-state index is 12.4. The number of aromatic nitrogens is 1. The van der Waals surface area contributed by atoms with Crippen LogP contribution in [0.25, 0.3) is 10.9 Å². The number of hydrogen-bond acceptors (Lipinski definition) is 5. The smallest absolute Gasteiger partial charge is 0.357 e. The quantitative estimate of drug-likeness (QED) is 0.526. The van der Waals surface area contributed by atoms with Gasteiger partial charge in [0.25, 0.3) is 0 Å². The molecule has 2 aromatic carbocycles. The van der Waals surface area contributed by atoms with Crippen LogP contribution in [-0.2, 0) is 4.74 Å². The van der Waals surface area contributed by atoms with Crippen LogP contribution in [0.4, 0.5) is 0 Å². The van der Waals surface area contributed by atoms with Gasteiger partial charge in [0, 0.05) is 10.9 Å². The largest absolute Gasteiger partial charge is 0.497 e. The number of carbonyl (C=O) groups excluding carboxylic acids is 2. The van der Waals surface area contributed by atoms with Gasteiger partial charge in [0.2, 0.25) is 5.78 Å². The average molecular weight is 335 g/mol. The number of nitrogens with zero attached hydrogens (tertiary/aromatic N) is 1. The van der Waals surface area contributed by atoms with Crippen molar-refractivity contribution in [2.75, 3.05) is 7.11 Å². The van der Waals surface area contributed by atoms with Gasteiger partial charge in [-0.15, -0.1) is 0 Å². The first-order valence-corrected chi connectivity index (χ1v) is 7.83. The van der Waals surface area contributed by atoms with Gasteiger partial charge in [-0.2, -0.15) is 0 Å². The van der Waals surface area contributed by atoms with E-state index in [0.717, 1.165) is 5.39 Å². The highest BCUT2D eigenvalue weighted by Gasteiger charge is 2.21. The Balaban J connectivity index is 1.72. The molecule has 0 unspecified atom stereocenters. The second-order valence-corrected chi connectivity index (χ2v) is 5.53. The Bertz CT molecular complexity index is 918. The topological polar surface area (TPSA) is 65.5 Å². The second kappa shape index (κ2) is 7.13. The molecule has 5 nitrogen and oxygen atoms in total. The zero-order valence-corrected chi connectivity index (χ0v) is 13.9. The fraction of sp³-hybridized carbons (Fsp3) is 0.150. The van der Waals surface area contributed by atoms with Gasteiger partial charge in [0.05, 0.1) is 12.6 Å². The Morgan fingerprint density at radius 2 is 1.68 bits per heavy atom. The summed E-state index contributed by atoms with van der Waals surface area (Å²) in [5.41, 5.74) is 1.33. The molecule has 126 valence electrons. The van der Waals surface area contributed by atoms with Gasteiger partial charge in [0.15, 0.2) is 6.10 Å². The molecule has 0 radical (unpaired) electrons. The first-order valence-electron chi connectivity index (χ1n) is 7.83. The minimum atomic E-state index is -0.908. The number of carbonyl (C=O) groups is 2.